The van der Waals surface area contributed by atoms with Crippen LogP contribution >= 0.6 is 11.3 Å². The van der Waals surface area contributed by atoms with Crippen LogP contribution in [-0.4, -0.2) is 47.8 Å². The molecule has 184 valence electrons. The standard InChI is InChI=1S/C27H28FN7S/c1-4-21-25(33(3)26-31-24(23(13-29)36-26)18-5-7-19(28)8-6-18)22-12-20(11-17(2)35(22)32-21)34-10-9-27(16-34)14-30-15-27/h5-8,11-12,30H,4,9-10,14-16H2,1-3H3. The number of aryl methyl sites for hydroxylation is 2. The lowest BCUT2D eigenvalue weighted by atomic mass is 9.81. The molecule has 0 saturated carbocycles. The largest absolute Gasteiger partial charge is 0.371 e. The van der Waals surface area contributed by atoms with Crippen molar-refractivity contribution >= 4 is 33.4 Å². The Bertz CT molecular complexity index is 1490. The number of halogens is 1. The number of anilines is 3. The first-order valence-corrected chi connectivity index (χ1v) is 13.1. The Morgan fingerprint density at radius 2 is 2.03 bits per heavy atom. The van der Waals surface area contributed by atoms with E-state index in [0.717, 1.165) is 60.8 Å². The van der Waals surface area contributed by atoms with Gasteiger partial charge in [-0.3, -0.25) is 0 Å². The molecule has 9 heteroatoms. The zero-order chi connectivity index (χ0) is 25.0. The van der Waals surface area contributed by atoms with E-state index in [1.54, 1.807) is 12.1 Å². The van der Waals surface area contributed by atoms with Crippen molar-refractivity contribution in [3.8, 4) is 17.3 Å². The number of hydrogen-bond donors (Lipinski definition) is 1. The van der Waals surface area contributed by atoms with Gasteiger partial charge >= 0.3 is 0 Å². The van der Waals surface area contributed by atoms with Crippen molar-refractivity contribution < 1.29 is 4.39 Å². The molecule has 2 aliphatic heterocycles. The van der Waals surface area contributed by atoms with Crippen LogP contribution in [0.15, 0.2) is 36.4 Å². The molecule has 2 fully saturated rings. The molecule has 2 aliphatic rings. The smallest absolute Gasteiger partial charge is 0.191 e. The summed E-state index contributed by atoms with van der Waals surface area (Å²) in [5.74, 6) is -0.313. The summed E-state index contributed by atoms with van der Waals surface area (Å²) < 4.78 is 15.5. The fraction of sp³-hybridized carbons (Fsp3) is 0.370. The number of hydrogen-bond acceptors (Lipinski definition) is 7. The summed E-state index contributed by atoms with van der Waals surface area (Å²) in [4.78, 5) is 9.88. The molecule has 4 aromatic rings. The third-order valence-electron chi connectivity index (χ3n) is 7.54. The molecule has 2 saturated heterocycles. The summed E-state index contributed by atoms with van der Waals surface area (Å²) in [6.45, 7) is 8.56. The van der Waals surface area contributed by atoms with Crippen LogP contribution in [0.1, 0.15) is 29.6 Å². The first-order valence-electron chi connectivity index (χ1n) is 12.3. The van der Waals surface area contributed by atoms with E-state index in [1.165, 1.54) is 35.6 Å². The molecule has 0 amide bonds. The van der Waals surface area contributed by atoms with Crippen LogP contribution in [-0.2, 0) is 6.42 Å². The van der Waals surface area contributed by atoms with Gasteiger partial charge in [-0.2, -0.15) is 10.4 Å². The summed E-state index contributed by atoms with van der Waals surface area (Å²) >= 11 is 1.34. The number of pyridine rings is 1. The van der Waals surface area contributed by atoms with E-state index in [4.69, 9.17) is 10.1 Å². The summed E-state index contributed by atoms with van der Waals surface area (Å²) in [6.07, 6.45) is 1.99. The Morgan fingerprint density at radius 1 is 1.25 bits per heavy atom. The number of nitriles is 1. The minimum Gasteiger partial charge on any atom is -0.371 e. The lowest BCUT2D eigenvalue weighted by Crippen LogP contribution is -2.54. The molecule has 6 rings (SSSR count). The SMILES string of the molecule is CCc1nn2c(C)cc(N3CCC4(CNC4)C3)cc2c1N(C)c1nc(-c2ccc(F)cc2)c(C#N)s1. The van der Waals surface area contributed by atoms with Crippen molar-refractivity contribution in [3.63, 3.8) is 0 Å². The van der Waals surface area contributed by atoms with Gasteiger partial charge in [0.1, 0.15) is 22.5 Å². The number of aromatic nitrogens is 3. The van der Waals surface area contributed by atoms with E-state index in [9.17, 15) is 9.65 Å². The Kier molecular flexibility index (Phi) is 5.47. The zero-order valence-corrected chi connectivity index (χ0v) is 21.5. The highest BCUT2D eigenvalue weighted by Gasteiger charge is 2.43. The van der Waals surface area contributed by atoms with Crippen LogP contribution < -0.4 is 15.1 Å². The first-order chi connectivity index (χ1) is 17.4. The second-order valence-corrected chi connectivity index (χ2v) is 10.9. The number of benzene rings is 1. The average Bonchev–Trinajstić information content (AvgIpc) is 3.58. The molecule has 3 aromatic heterocycles. The third kappa shape index (κ3) is 3.64. The maximum Gasteiger partial charge on any atom is 0.191 e. The zero-order valence-electron chi connectivity index (χ0n) is 20.7. The van der Waals surface area contributed by atoms with E-state index in [-0.39, 0.29) is 5.82 Å². The van der Waals surface area contributed by atoms with Gasteiger partial charge in [0.25, 0.3) is 0 Å². The fourth-order valence-corrected chi connectivity index (χ4v) is 6.31. The Balaban J connectivity index is 1.42. The Labute approximate surface area is 213 Å². The van der Waals surface area contributed by atoms with Crippen LogP contribution in [0.4, 0.5) is 20.9 Å². The molecule has 0 radical (unpaired) electrons. The minimum atomic E-state index is -0.313. The van der Waals surface area contributed by atoms with Gasteiger partial charge in [-0.15, -0.1) is 0 Å². The van der Waals surface area contributed by atoms with Crippen LogP contribution in [0.25, 0.3) is 16.8 Å². The molecule has 1 spiro atoms. The third-order valence-corrected chi connectivity index (χ3v) is 8.57. The van der Waals surface area contributed by atoms with Crippen molar-refractivity contribution in [1.29, 1.82) is 5.26 Å². The fourth-order valence-electron chi connectivity index (χ4n) is 5.46. The summed E-state index contributed by atoms with van der Waals surface area (Å²) in [5, 5.41) is 18.9. The number of rotatable bonds is 5. The van der Waals surface area contributed by atoms with Crippen molar-refractivity contribution in [2.24, 2.45) is 5.41 Å². The van der Waals surface area contributed by atoms with Gasteiger partial charge in [0.2, 0.25) is 0 Å². The Hall–Kier alpha value is -3.48. The van der Waals surface area contributed by atoms with Gasteiger partial charge in [0.15, 0.2) is 5.13 Å². The molecular weight excluding hydrogens is 473 g/mol. The highest BCUT2D eigenvalue weighted by atomic mass is 32.1. The molecule has 0 bridgehead atoms. The molecular formula is C27H28FN7S. The van der Waals surface area contributed by atoms with Gasteiger partial charge in [0, 0.05) is 55.6 Å². The van der Waals surface area contributed by atoms with E-state index in [1.807, 2.05) is 16.5 Å². The monoisotopic (exact) mass is 501 g/mol. The molecule has 0 atom stereocenters. The normalized spacial score (nSPS) is 16.5. The van der Waals surface area contributed by atoms with E-state index >= 15 is 0 Å². The van der Waals surface area contributed by atoms with Crippen LogP contribution in [0.5, 0.6) is 0 Å². The Morgan fingerprint density at radius 3 is 2.67 bits per heavy atom. The van der Waals surface area contributed by atoms with Gasteiger partial charge < -0.3 is 15.1 Å². The van der Waals surface area contributed by atoms with Gasteiger partial charge in [-0.1, -0.05) is 18.3 Å². The van der Waals surface area contributed by atoms with Crippen molar-refractivity contribution in [3.05, 3.63) is 58.5 Å². The van der Waals surface area contributed by atoms with Gasteiger partial charge in [-0.05, 0) is 56.2 Å². The first kappa shape index (κ1) is 23.0. The molecule has 36 heavy (non-hydrogen) atoms. The number of thiazole rings is 1. The van der Waals surface area contributed by atoms with Crippen LogP contribution in [0, 0.1) is 29.5 Å². The lowest BCUT2D eigenvalue weighted by Gasteiger charge is -2.39. The van der Waals surface area contributed by atoms with Crippen LogP contribution in [0.3, 0.4) is 0 Å². The van der Waals surface area contributed by atoms with E-state index < -0.39 is 0 Å². The topological polar surface area (TPSA) is 72.5 Å². The molecule has 1 N–H and O–H groups in total. The predicted molar refractivity (Wildman–Crippen MR) is 142 cm³/mol. The highest BCUT2D eigenvalue weighted by molar-refractivity contribution is 7.16. The summed E-state index contributed by atoms with van der Waals surface area (Å²) in [6, 6.07) is 12.9. The second kappa shape index (κ2) is 8.57. The van der Waals surface area contributed by atoms with Crippen molar-refractivity contribution in [2.45, 2.75) is 26.7 Å². The molecule has 7 nitrogen and oxygen atoms in total. The second-order valence-electron chi connectivity index (χ2n) is 9.93. The maximum absolute atomic E-state index is 13.5. The van der Waals surface area contributed by atoms with Gasteiger partial charge in [0.05, 0.1) is 16.9 Å². The number of nitrogens with zero attached hydrogens (tertiary/aromatic N) is 6. The van der Waals surface area contributed by atoms with E-state index in [2.05, 4.69) is 42.3 Å². The molecule has 1 aromatic carbocycles. The molecule has 0 unspecified atom stereocenters. The number of fused-ring (bicyclic) bond motifs is 1. The quantitative estimate of drug-likeness (QED) is 0.419. The minimum absolute atomic E-state index is 0.313. The molecule has 0 aliphatic carbocycles. The van der Waals surface area contributed by atoms with Crippen molar-refractivity contribution in [1.82, 2.24) is 19.9 Å². The molecule has 5 heterocycles. The maximum atomic E-state index is 13.5. The summed E-state index contributed by atoms with van der Waals surface area (Å²) in [7, 11) is 1.98. The highest BCUT2D eigenvalue weighted by Crippen LogP contribution is 2.41. The van der Waals surface area contributed by atoms with Gasteiger partial charge in [-0.25, -0.2) is 13.9 Å². The predicted octanol–water partition coefficient (Wildman–Crippen LogP) is 4.91. The summed E-state index contributed by atoms with van der Waals surface area (Å²) in [5.41, 5.74) is 7.06. The van der Waals surface area contributed by atoms with Crippen molar-refractivity contribution in [2.75, 3.05) is 43.0 Å². The number of nitrogens with one attached hydrogen (secondary N) is 1. The lowest BCUT2D eigenvalue weighted by molar-refractivity contribution is 0.200. The van der Waals surface area contributed by atoms with Crippen LogP contribution in [0.2, 0.25) is 0 Å². The average molecular weight is 502 g/mol. The van der Waals surface area contributed by atoms with E-state index in [0.29, 0.717) is 21.1 Å².